The van der Waals surface area contributed by atoms with Crippen LogP contribution in [0.25, 0.3) is 0 Å². The molecule has 0 heterocycles. The first kappa shape index (κ1) is 27.2. The standard InChI is InChI=1S/C25H35N3O5S/c1-7-19(3)26-25(30)20(4)27(16-21-11-9-8-10-12-21)24(29)17-28(34(6,31)32)22-15-18(2)13-14-23(22)33-5/h8-15,19-20H,7,16-17H2,1-6H3,(H,26,30). The number of nitrogens with one attached hydrogen (secondary N) is 1. The van der Waals surface area contributed by atoms with Crippen molar-refractivity contribution < 1.29 is 22.7 Å². The summed E-state index contributed by atoms with van der Waals surface area (Å²) in [6.07, 6.45) is 1.79. The lowest BCUT2D eigenvalue weighted by Gasteiger charge is -2.32. The molecule has 2 rings (SSSR count). The van der Waals surface area contributed by atoms with Crippen molar-refractivity contribution in [3.63, 3.8) is 0 Å². The molecule has 34 heavy (non-hydrogen) atoms. The molecule has 0 fully saturated rings. The first-order chi connectivity index (χ1) is 16.0. The highest BCUT2D eigenvalue weighted by molar-refractivity contribution is 7.92. The zero-order valence-electron chi connectivity index (χ0n) is 20.7. The zero-order valence-corrected chi connectivity index (χ0v) is 21.6. The van der Waals surface area contributed by atoms with Crippen LogP contribution in [0.4, 0.5) is 5.69 Å². The molecule has 0 spiro atoms. The molecule has 1 N–H and O–H groups in total. The van der Waals surface area contributed by atoms with Gasteiger partial charge in [0.05, 0.1) is 19.1 Å². The monoisotopic (exact) mass is 489 g/mol. The molecule has 2 amide bonds. The molecule has 0 aliphatic carbocycles. The minimum atomic E-state index is -3.83. The van der Waals surface area contributed by atoms with Crippen molar-refractivity contribution in [1.82, 2.24) is 10.2 Å². The lowest BCUT2D eigenvalue weighted by molar-refractivity contribution is -0.139. The average molecular weight is 490 g/mol. The smallest absolute Gasteiger partial charge is 0.244 e. The molecule has 0 bridgehead atoms. The largest absolute Gasteiger partial charge is 0.495 e. The Hall–Kier alpha value is -3.07. The number of anilines is 1. The van der Waals surface area contributed by atoms with Crippen LogP contribution in [0.2, 0.25) is 0 Å². The lowest BCUT2D eigenvalue weighted by Crippen LogP contribution is -2.52. The fourth-order valence-electron chi connectivity index (χ4n) is 3.42. The van der Waals surface area contributed by atoms with Crippen molar-refractivity contribution in [2.75, 3.05) is 24.2 Å². The fraction of sp³-hybridized carbons (Fsp3) is 0.440. The third-order valence-corrected chi connectivity index (χ3v) is 6.77. The number of aryl methyl sites for hydroxylation is 1. The van der Waals surface area contributed by atoms with Crippen molar-refractivity contribution in [2.24, 2.45) is 0 Å². The SMILES string of the molecule is CCC(C)NC(=O)C(C)N(Cc1ccccc1)C(=O)CN(c1cc(C)ccc1OC)S(C)(=O)=O. The van der Waals surface area contributed by atoms with E-state index >= 15 is 0 Å². The van der Waals surface area contributed by atoms with Gasteiger partial charge in [0, 0.05) is 12.6 Å². The van der Waals surface area contributed by atoms with E-state index in [9.17, 15) is 18.0 Å². The predicted octanol–water partition coefficient (Wildman–Crippen LogP) is 3.10. The highest BCUT2D eigenvalue weighted by Gasteiger charge is 2.31. The summed E-state index contributed by atoms with van der Waals surface area (Å²) in [5, 5.41) is 2.91. The summed E-state index contributed by atoms with van der Waals surface area (Å²) in [5.41, 5.74) is 1.92. The van der Waals surface area contributed by atoms with Gasteiger partial charge in [-0.05, 0) is 50.5 Å². The maximum absolute atomic E-state index is 13.6. The van der Waals surface area contributed by atoms with Gasteiger partial charge in [0.2, 0.25) is 21.8 Å². The summed E-state index contributed by atoms with van der Waals surface area (Å²) in [6.45, 7) is 7.03. The van der Waals surface area contributed by atoms with Crippen LogP contribution in [-0.4, -0.2) is 57.1 Å². The Morgan fingerprint density at radius 1 is 1.09 bits per heavy atom. The number of hydrogen-bond acceptors (Lipinski definition) is 5. The number of amides is 2. The minimum Gasteiger partial charge on any atom is -0.495 e. The Morgan fingerprint density at radius 2 is 1.74 bits per heavy atom. The number of nitrogens with zero attached hydrogens (tertiary/aromatic N) is 2. The maximum atomic E-state index is 13.6. The second-order valence-electron chi connectivity index (χ2n) is 8.45. The Kier molecular flexibility index (Phi) is 9.49. The Labute approximate surface area is 202 Å². The van der Waals surface area contributed by atoms with Crippen molar-refractivity contribution in [2.45, 2.75) is 52.7 Å². The predicted molar refractivity (Wildman–Crippen MR) is 134 cm³/mol. The molecule has 8 nitrogen and oxygen atoms in total. The van der Waals surface area contributed by atoms with Gasteiger partial charge in [-0.15, -0.1) is 0 Å². The number of hydrogen-bond donors (Lipinski definition) is 1. The van der Waals surface area contributed by atoms with Gasteiger partial charge < -0.3 is 15.0 Å². The zero-order chi connectivity index (χ0) is 25.5. The number of carbonyl (C=O) groups excluding carboxylic acids is 2. The molecule has 186 valence electrons. The first-order valence-corrected chi connectivity index (χ1v) is 13.1. The summed E-state index contributed by atoms with van der Waals surface area (Å²) in [4.78, 5) is 27.9. The molecule has 0 aliphatic rings. The van der Waals surface area contributed by atoms with Crippen LogP contribution in [0.5, 0.6) is 5.75 Å². The van der Waals surface area contributed by atoms with Crippen LogP contribution in [-0.2, 0) is 26.2 Å². The Bertz CT molecular complexity index is 1090. The molecule has 0 saturated heterocycles. The van der Waals surface area contributed by atoms with Crippen LogP contribution in [0.1, 0.15) is 38.3 Å². The maximum Gasteiger partial charge on any atom is 0.244 e. The van der Waals surface area contributed by atoms with E-state index in [1.807, 2.05) is 51.1 Å². The van der Waals surface area contributed by atoms with Crippen molar-refractivity contribution in [3.05, 3.63) is 59.7 Å². The van der Waals surface area contributed by atoms with Crippen molar-refractivity contribution in [3.8, 4) is 5.75 Å². The molecule has 0 radical (unpaired) electrons. The molecular formula is C25H35N3O5S. The fourth-order valence-corrected chi connectivity index (χ4v) is 4.26. The molecule has 2 unspecified atom stereocenters. The number of benzene rings is 2. The molecule has 2 atom stereocenters. The normalized spacial score (nSPS) is 13.0. The average Bonchev–Trinajstić information content (AvgIpc) is 2.80. The molecule has 0 aromatic heterocycles. The van der Waals surface area contributed by atoms with Gasteiger partial charge in [-0.1, -0.05) is 43.3 Å². The van der Waals surface area contributed by atoms with Crippen LogP contribution in [0.3, 0.4) is 0 Å². The van der Waals surface area contributed by atoms with Crippen molar-refractivity contribution >= 4 is 27.5 Å². The summed E-state index contributed by atoms with van der Waals surface area (Å²) in [7, 11) is -2.39. The van der Waals surface area contributed by atoms with Gasteiger partial charge in [0.1, 0.15) is 18.3 Å². The molecule has 2 aromatic rings. The summed E-state index contributed by atoms with van der Waals surface area (Å²) >= 11 is 0. The second kappa shape index (κ2) is 11.9. The van der Waals surface area contributed by atoms with E-state index in [4.69, 9.17) is 4.74 Å². The van der Waals surface area contributed by atoms with Gasteiger partial charge in [-0.2, -0.15) is 0 Å². The number of ether oxygens (including phenoxy) is 1. The van der Waals surface area contributed by atoms with Crippen LogP contribution < -0.4 is 14.4 Å². The molecule has 0 saturated carbocycles. The third kappa shape index (κ3) is 7.21. The Balaban J connectivity index is 2.43. The first-order valence-electron chi connectivity index (χ1n) is 11.2. The van der Waals surface area contributed by atoms with Crippen LogP contribution >= 0.6 is 0 Å². The highest BCUT2D eigenvalue weighted by atomic mass is 32.2. The van der Waals surface area contributed by atoms with Gasteiger partial charge in [-0.3, -0.25) is 13.9 Å². The number of sulfonamides is 1. The third-order valence-electron chi connectivity index (χ3n) is 5.65. The summed E-state index contributed by atoms with van der Waals surface area (Å²) in [6, 6.07) is 13.6. The van der Waals surface area contributed by atoms with E-state index < -0.39 is 28.5 Å². The van der Waals surface area contributed by atoms with E-state index in [0.29, 0.717) is 5.75 Å². The van der Waals surface area contributed by atoms with Gasteiger partial charge in [-0.25, -0.2) is 8.42 Å². The van der Waals surface area contributed by atoms with Gasteiger partial charge in [0.15, 0.2) is 0 Å². The lowest BCUT2D eigenvalue weighted by atomic mass is 10.1. The van der Waals surface area contributed by atoms with E-state index in [1.165, 1.54) is 12.0 Å². The van der Waals surface area contributed by atoms with E-state index in [0.717, 1.165) is 28.1 Å². The molecular weight excluding hydrogens is 454 g/mol. The van der Waals surface area contributed by atoms with Crippen molar-refractivity contribution in [1.29, 1.82) is 0 Å². The minimum absolute atomic E-state index is 0.0484. The topological polar surface area (TPSA) is 96.0 Å². The van der Waals surface area contributed by atoms with Crippen LogP contribution in [0.15, 0.2) is 48.5 Å². The van der Waals surface area contributed by atoms with Crippen LogP contribution in [0, 0.1) is 6.92 Å². The van der Waals surface area contributed by atoms with Gasteiger partial charge >= 0.3 is 0 Å². The highest BCUT2D eigenvalue weighted by Crippen LogP contribution is 2.31. The number of rotatable bonds is 11. The van der Waals surface area contributed by atoms with E-state index in [2.05, 4.69) is 5.32 Å². The molecule has 0 aliphatic heterocycles. The Morgan fingerprint density at radius 3 is 2.29 bits per heavy atom. The molecule has 9 heteroatoms. The van der Waals surface area contributed by atoms with E-state index in [-0.39, 0.29) is 24.2 Å². The quantitative estimate of drug-likeness (QED) is 0.523. The second-order valence-corrected chi connectivity index (χ2v) is 10.4. The molecule has 2 aromatic carbocycles. The van der Waals surface area contributed by atoms with Gasteiger partial charge in [0.25, 0.3) is 0 Å². The number of carbonyl (C=O) groups is 2. The number of methoxy groups -OCH3 is 1. The summed E-state index contributed by atoms with van der Waals surface area (Å²) in [5.74, 6) is -0.455. The van der Waals surface area contributed by atoms with E-state index in [1.54, 1.807) is 25.1 Å². The summed E-state index contributed by atoms with van der Waals surface area (Å²) < 4.78 is 31.9.